The number of hydrogen-bond donors (Lipinski definition) is 2. The van der Waals surface area contributed by atoms with Crippen molar-refractivity contribution in [1.29, 1.82) is 0 Å². The van der Waals surface area contributed by atoms with Crippen molar-refractivity contribution < 1.29 is 27.5 Å². The van der Waals surface area contributed by atoms with Gasteiger partial charge in [-0.25, -0.2) is 8.42 Å². The predicted octanol–water partition coefficient (Wildman–Crippen LogP) is 5.46. The summed E-state index contributed by atoms with van der Waals surface area (Å²) in [5, 5.41) is 2.92. The van der Waals surface area contributed by atoms with Crippen LogP contribution in [0.2, 0.25) is 0 Å². The smallest absolute Gasteiger partial charge is 0.239 e. The third-order valence-electron chi connectivity index (χ3n) is 6.32. The maximum atomic E-state index is 12.9. The zero-order valence-corrected chi connectivity index (χ0v) is 27.2. The van der Waals surface area contributed by atoms with Crippen LogP contribution in [-0.2, 0) is 29.1 Å². The SMILES string of the molecule is CCCCOCCC(C)(C)OCCNC(=O)C(C)(C)CC(C)(C)CS(=O)(=O)NC(=O)C(C)(C)CC(C)(C)C. The molecule has 0 saturated heterocycles. The van der Waals surface area contributed by atoms with Gasteiger partial charge in [-0.1, -0.05) is 75.7 Å². The van der Waals surface area contributed by atoms with Crippen LogP contribution in [0.1, 0.15) is 115 Å². The molecule has 0 aromatic carbocycles. The molecule has 0 aromatic heterocycles. The molecule has 0 saturated carbocycles. The fraction of sp³-hybridized carbons (Fsp3) is 0.931. The van der Waals surface area contributed by atoms with Crippen LogP contribution < -0.4 is 10.0 Å². The van der Waals surface area contributed by atoms with E-state index in [0.717, 1.165) is 25.9 Å². The number of nitrogens with one attached hydrogen (secondary N) is 2. The normalized spacial score (nSPS) is 13.9. The average molecular weight is 563 g/mol. The number of unbranched alkanes of at least 4 members (excludes halogenated alkanes) is 1. The fourth-order valence-electron chi connectivity index (χ4n) is 5.03. The van der Waals surface area contributed by atoms with Crippen molar-refractivity contribution in [2.75, 3.05) is 32.1 Å². The summed E-state index contributed by atoms with van der Waals surface area (Å²) in [4.78, 5) is 25.7. The Morgan fingerprint density at radius 1 is 0.763 bits per heavy atom. The minimum Gasteiger partial charge on any atom is -0.381 e. The van der Waals surface area contributed by atoms with Gasteiger partial charge < -0.3 is 14.8 Å². The quantitative estimate of drug-likeness (QED) is 0.215. The summed E-state index contributed by atoms with van der Waals surface area (Å²) in [6.45, 7) is 25.1. The average Bonchev–Trinajstić information content (AvgIpc) is 2.66. The van der Waals surface area contributed by atoms with E-state index in [2.05, 4.69) is 17.0 Å². The molecule has 2 amide bonds. The Balaban J connectivity index is 4.83. The molecule has 2 N–H and O–H groups in total. The van der Waals surface area contributed by atoms with Gasteiger partial charge in [0, 0.05) is 30.6 Å². The summed E-state index contributed by atoms with van der Waals surface area (Å²) in [5.41, 5.74) is -2.85. The molecule has 9 heteroatoms. The lowest BCUT2D eigenvalue weighted by Crippen LogP contribution is -2.46. The number of rotatable bonds is 18. The number of hydrogen-bond acceptors (Lipinski definition) is 6. The number of sulfonamides is 1. The molecular weight excluding hydrogens is 504 g/mol. The van der Waals surface area contributed by atoms with Crippen LogP contribution in [0, 0.1) is 21.7 Å². The first-order valence-corrected chi connectivity index (χ1v) is 15.6. The van der Waals surface area contributed by atoms with Crippen molar-refractivity contribution in [3.8, 4) is 0 Å². The molecule has 0 bridgehead atoms. The number of carbonyl (C=O) groups is 2. The molecular formula is C29H58N2O6S. The summed E-state index contributed by atoms with van der Waals surface area (Å²) < 4.78 is 39.6. The highest BCUT2D eigenvalue weighted by molar-refractivity contribution is 7.90. The van der Waals surface area contributed by atoms with Gasteiger partial charge in [0.25, 0.3) is 0 Å². The van der Waals surface area contributed by atoms with E-state index in [9.17, 15) is 18.0 Å². The molecule has 0 aromatic rings. The molecule has 0 fully saturated rings. The van der Waals surface area contributed by atoms with Crippen molar-refractivity contribution in [1.82, 2.24) is 10.0 Å². The van der Waals surface area contributed by atoms with Gasteiger partial charge in [-0.3, -0.25) is 14.3 Å². The lowest BCUT2D eigenvalue weighted by Gasteiger charge is -2.35. The summed E-state index contributed by atoms with van der Waals surface area (Å²) in [7, 11) is -3.89. The van der Waals surface area contributed by atoms with E-state index in [1.165, 1.54) is 0 Å². The van der Waals surface area contributed by atoms with E-state index in [1.807, 2.05) is 34.6 Å². The Morgan fingerprint density at radius 2 is 1.32 bits per heavy atom. The lowest BCUT2D eigenvalue weighted by atomic mass is 9.75. The summed E-state index contributed by atoms with van der Waals surface area (Å²) in [6, 6.07) is 0. The van der Waals surface area contributed by atoms with Crippen LogP contribution in [0.5, 0.6) is 0 Å². The van der Waals surface area contributed by atoms with Crippen LogP contribution >= 0.6 is 0 Å². The maximum absolute atomic E-state index is 12.9. The van der Waals surface area contributed by atoms with Crippen molar-refractivity contribution in [3.05, 3.63) is 0 Å². The second kappa shape index (κ2) is 14.4. The molecule has 0 rings (SSSR count). The van der Waals surface area contributed by atoms with Gasteiger partial charge >= 0.3 is 0 Å². The number of carbonyl (C=O) groups excluding carboxylic acids is 2. The first-order chi connectivity index (χ1) is 16.9. The summed E-state index contributed by atoms with van der Waals surface area (Å²) >= 11 is 0. The van der Waals surface area contributed by atoms with Gasteiger partial charge in [0.1, 0.15) is 0 Å². The molecule has 0 unspecified atom stereocenters. The van der Waals surface area contributed by atoms with Crippen LogP contribution in [0.25, 0.3) is 0 Å². The first-order valence-electron chi connectivity index (χ1n) is 14.0. The third-order valence-corrected chi connectivity index (χ3v) is 7.98. The van der Waals surface area contributed by atoms with Gasteiger partial charge in [0.05, 0.1) is 18.0 Å². The van der Waals surface area contributed by atoms with Gasteiger partial charge in [0.15, 0.2) is 0 Å². The Labute approximate surface area is 233 Å². The van der Waals surface area contributed by atoms with Crippen molar-refractivity contribution >= 4 is 21.8 Å². The molecule has 0 aliphatic heterocycles. The Hall–Kier alpha value is -1.19. The summed E-state index contributed by atoms with van der Waals surface area (Å²) in [5.74, 6) is -0.927. The van der Waals surface area contributed by atoms with E-state index >= 15 is 0 Å². The fourth-order valence-corrected chi connectivity index (χ4v) is 6.80. The minimum absolute atomic E-state index is 0.120. The van der Waals surface area contributed by atoms with Crippen LogP contribution in [0.4, 0.5) is 0 Å². The van der Waals surface area contributed by atoms with Crippen LogP contribution in [-0.4, -0.2) is 58.0 Å². The Bertz CT molecular complexity index is 855. The van der Waals surface area contributed by atoms with Crippen molar-refractivity contribution in [3.63, 3.8) is 0 Å². The van der Waals surface area contributed by atoms with E-state index in [-0.39, 0.29) is 22.7 Å². The monoisotopic (exact) mass is 562 g/mol. The van der Waals surface area contributed by atoms with Gasteiger partial charge in [-0.15, -0.1) is 0 Å². The van der Waals surface area contributed by atoms with E-state index < -0.39 is 32.2 Å². The van der Waals surface area contributed by atoms with E-state index in [4.69, 9.17) is 9.47 Å². The van der Waals surface area contributed by atoms with E-state index in [0.29, 0.717) is 32.6 Å². The van der Waals surface area contributed by atoms with E-state index in [1.54, 1.807) is 41.5 Å². The summed E-state index contributed by atoms with van der Waals surface area (Å²) in [6.07, 6.45) is 3.80. The maximum Gasteiger partial charge on any atom is 0.239 e. The molecule has 226 valence electrons. The molecule has 0 atom stereocenters. The highest BCUT2D eigenvalue weighted by Gasteiger charge is 2.39. The second-order valence-corrected chi connectivity index (χ2v) is 16.3. The van der Waals surface area contributed by atoms with Gasteiger partial charge in [0.2, 0.25) is 21.8 Å². The minimum atomic E-state index is -3.89. The highest BCUT2D eigenvalue weighted by Crippen LogP contribution is 2.36. The van der Waals surface area contributed by atoms with Gasteiger partial charge in [-0.05, 0) is 50.4 Å². The van der Waals surface area contributed by atoms with Gasteiger partial charge in [-0.2, -0.15) is 0 Å². The largest absolute Gasteiger partial charge is 0.381 e. The molecule has 0 spiro atoms. The van der Waals surface area contributed by atoms with Crippen molar-refractivity contribution in [2.45, 2.75) is 121 Å². The van der Waals surface area contributed by atoms with Crippen molar-refractivity contribution in [2.24, 2.45) is 21.7 Å². The zero-order valence-electron chi connectivity index (χ0n) is 26.4. The topological polar surface area (TPSA) is 111 Å². The molecule has 0 heterocycles. The molecule has 0 radical (unpaired) electrons. The molecule has 38 heavy (non-hydrogen) atoms. The third kappa shape index (κ3) is 16.0. The standard InChI is InChI=1S/C29H58N2O6S/c1-13-14-17-36-18-15-29(11,12)37-19-16-30-23(32)28(9,10)21-26(5,6)22-38(34,35)31-24(33)27(7,8)20-25(2,3)4/h13-22H2,1-12H3,(H,30,32)(H,31,33). The van der Waals surface area contributed by atoms with Crippen LogP contribution in [0.15, 0.2) is 0 Å². The molecule has 0 aliphatic carbocycles. The molecule has 0 aliphatic rings. The number of amides is 2. The lowest BCUT2D eigenvalue weighted by molar-refractivity contribution is -0.131. The number of ether oxygens (including phenoxy) is 2. The first kappa shape index (κ1) is 36.8. The Morgan fingerprint density at radius 3 is 1.84 bits per heavy atom. The highest BCUT2D eigenvalue weighted by atomic mass is 32.2. The Kier molecular flexibility index (Phi) is 14.0. The predicted molar refractivity (Wildman–Crippen MR) is 155 cm³/mol. The molecule has 8 nitrogen and oxygen atoms in total. The zero-order chi connectivity index (χ0) is 30.1. The second-order valence-electron chi connectivity index (χ2n) is 14.6. The van der Waals surface area contributed by atoms with Crippen LogP contribution in [0.3, 0.4) is 0 Å².